The topological polar surface area (TPSA) is 76.2 Å². The van der Waals surface area contributed by atoms with E-state index in [-0.39, 0.29) is 5.75 Å². The molecule has 2 rings (SSSR count). The average molecular weight is 264 g/mol. The van der Waals surface area contributed by atoms with Gasteiger partial charge in [0.25, 0.3) is 5.89 Å². The summed E-state index contributed by atoms with van der Waals surface area (Å²) in [6.07, 6.45) is 0. The van der Waals surface area contributed by atoms with Crippen molar-refractivity contribution in [2.24, 2.45) is 0 Å². The molecule has 6 heteroatoms. The van der Waals surface area contributed by atoms with Gasteiger partial charge in [-0.3, -0.25) is 4.79 Å². The molecule has 0 amide bonds. The van der Waals surface area contributed by atoms with Crippen molar-refractivity contribution in [2.45, 2.75) is 12.7 Å². The molecule has 1 N–H and O–H groups in total. The van der Waals surface area contributed by atoms with Crippen LogP contribution in [0, 0.1) is 6.92 Å². The highest BCUT2D eigenvalue weighted by molar-refractivity contribution is 7.99. The van der Waals surface area contributed by atoms with Crippen LogP contribution in [0.25, 0.3) is 11.5 Å². The van der Waals surface area contributed by atoms with Gasteiger partial charge >= 0.3 is 5.97 Å². The van der Waals surface area contributed by atoms with Crippen molar-refractivity contribution in [3.05, 3.63) is 35.7 Å². The van der Waals surface area contributed by atoms with E-state index in [1.54, 1.807) is 0 Å². The first-order valence-corrected chi connectivity index (χ1v) is 6.50. The lowest BCUT2D eigenvalue weighted by Gasteiger charge is -1.94. The summed E-state index contributed by atoms with van der Waals surface area (Å²) >= 11 is 1.24. The summed E-state index contributed by atoms with van der Waals surface area (Å²) in [6.45, 7) is 2.01. The Labute approximate surface area is 108 Å². The van der Waals surface area contributed by atoms with E-state index in [1.807, 2.05) is 31.2 Å². The number of rotatable bonds is 5. The molecule has 5 nitrogen and oxygen atoms in total. The molecular formula is C12H12N2O3S. The number of nitrogens with zero attached hydrogens (tertiary/aromatic N) is 2. The molecule has 0 bridgehead atoms. The van der Waals surface area contributed by atoms with Crippen LogP contribution in [0.5, 0.6) is 0 Å². The van der Waals surface area contributed by atoms with Crippen molar-refractivity contribution in [3.63, 3.8) is 0 Å². The lowest BCUT2D eigenvalue weighted by molar-refractivity contribution is -0.133. The lowest BCUT2D eigenvalue weighted by Crippen LogP contribution is -1.98. The Hall–Kier alpha value is -1.82. The third-order valence-corrected chi connectivity index (χ3v) is 3.14. The van der Waals surface area contributed by atoms with Crippen LogP contribution in [-0.2, 0) is 10.5 Å². The van der Waals surface area contributed by atoms with E-state index in [0.29, 0.717) is 17.5 Å². The third-order valence-electron chi connectivity index (χ3n) is 2.22. The Balaban J connectivity index is 2.01. The van der Waals surface area contributed by atoms with Gasteiger partial charge in [-0.15, -0.1) is 11.8 Å². The molecule has 18 heavy (non-hydrogen) atoms. The van der Waals surface area contributed by atoms with Gasteiger partial charge in [0.15, 0.2) is 5.82 Å². The maximum atomic E-state index is 10.4. The van der Waals surface area contributed by atoms with Gasteiger partial charge in [0.1, 0.15) is 0 Å². The molecule has 0 unspecified atom stereocenters. The van der Waals surface area contributed by atoms with Gasteiger partial charge in [-0.2, -0.15) is 4.98 Å². The van der Waals surface area contributed by atoms with Crippen LogP contribution >= 0.6 is 11.8 Å². The Morgan fingerprint density at radius 2 is 2.11 bits per heavy atom. The molecule has 0 radical (unpaired) electrons. The zero-order chi connectivity index (χ0) is 13.0. The van der Waals surface area contributed by atoms with Crippen LogP contribution in [0.4, 0.5) is 0 Å². The highest BCUT2D eigenvalue weighted by Gasteiger charge is 2.09. The number of aryl methyl sites for hydroxylation is 1. The highest BCUT2D eigenvalue weighted by Crippen LogP contribution is 2.19. The molecule has 2 aromatic rings. The normalized spacial score (nSPS) is 10.5. The van der Waals surface area contributed by atoms with E-state index in [4.69, 9.17) is 9.63 Å². The second-order valence-corrected chi connectivity index (χ2v) is 4.75. The minimum absolute atomic E-state index is 0.0361. The van der Waals surface area contributed by atoms with Crippen LogP contribution in [0.15, 0.2) is 28.8 Å². The van der Waals surface area contributed by atoms with Crippen molar-refractivity contribution < 1.29 is 14.4 Å². The number of carbonyl (C=O) groups is 1. The van der Waals surface area contributed by atoms with Gasteiger partial charge in [0.2, 0.25) is 0 Å². The van der Waals surface area contributed by atoms with E-state index in [2.05, 4.69) is 10.1 Å². The molecule has 1 aromatic heterocycles. The average Bonchev–Trinajstić information content (AvgIpc) is 2.78. The monoisotopic (exact) mass is 264 g/mol. The molecule has 0 saturated heterocycles. The maximum Gasteiger partial charge on any atom is 0.313 e. The SMILES string of the molecule is Cc1ccc(-c2nc(CSCC(=O)O)no2)cc1. The standard InChI is InChI=1S/C12H12N2O3S/c1-8-2-4-9(5-3-8)12-13-10(14-17-12)6-18-7-11(15)16/h2-5H,6-7H2,1H3,(H,15,16). The number of aromatic nitrogens is 2. The van der Waals surface area contributed by atoms with Crippen LogP contribution < -0.4 is 0 Å². The molecule has 1 heterocycles. The summed E-state index contributed by atoms with van der Waals surface area (Å²) in [5.74, 6) is 0.593. The van der Waals surface area contributed by atoms with Crippen LogP contribution in [-0.4, -0.2) is 27.0 Å². The lowest BCUT2D eigenvalue weighted by atomic mass is 10.1. The first-order chi connectivity index (χ1) is 8.65. The molecule has 1 aromatic carbocycles. The van der Waals surface area contributed by atoms with Crippen molar-refractivity contribution in [1.29, 1.82) is 0 Å². The number of benzene rings is 1. The Morgan fingerprint density at radius 3 is 2.78 bits per heavy atom. The second kappa shape index (κ2) is 5.68. The fourth-order valence-corrected chi connectivity index (χ4v) is 1.93. The van der Waals surface area contributed by atoms with Crippen LogP contribution in [0.2, 0.25) is 0 Å². The summed E-state index contributed by atoms with van der Waals surface area (Å²) in [4.78, 5) is 14.6. The predicted octanol–water partition coefficient (Wildman–Crippen LogP) is 2.36. The summed E-state index contributed by atoms with van der Waals surface area (Å²) in [6, 6.07) is 7.77. The molecule has 0 aliphatic rings. The number of carboxylic acid groups (broad SMARTS) is 1. The smallest absolute Gasteiger partial charge is 0.313 e. The van der Waals surface area contributed by atoms with E-state index in [0.717, 1.165) is 11.1 Å². The Morgan fingerprint density at radius 1 is 1.39 bits per heavy atom. The van der Waals surface area contributed by atoms with Crippen molar-refractivity contribution in [3.8, 4) is 11.5 Å². The molecule has 0 fully saturated rings. The van der Waals surface area contributed by atoms with Gasteiger partial charge in [-0.05, 0) is 19.1 Å². The first kappa shape index (κ1) is 12.6. The van der Waals surface area contributed by atoms with Crippen molar-refractivity contribution in [1.82, 2.24) is 10.1 Å². The fourth-order valence-electron chi connectivity index (χ4n) is 1.36. The van der Waals surface area contributed by atoms with E-state index in [1.165, 1.54) is 11.8 Å². The van der Waals surface area contributed by atoms with Gasteiger partial charge < -0.3 is 9.63 Å². The Kier molecular flexibility index (Phi) is 3.99. The minimum Gasteiger partial charge on any atom is -0.481 e. The second-order valence-electron chi connectivity index (χ2n) is 3.77. The Bertz CT molecular complexity index is 537. The van der Waals surface area contributed by atoms with Gasteiger partial charge in [-0.1, -0.05) is 22.9 Å². The van der Waals surface area contributed by atoms with Gasteiger partial charge in [-0.25, -0.2) is 0 Å². The summed E-state index contributed by atoms with van der Waals surface area (Å²) in [5, 5.41) is 12.3. The molecular weight excluding hydrogens is 252 g/mol. The van der Waals surface area contributed by atoms with Gasteiger partial charge in [0.05, 0.1) is 11.5 Å². The molecule has 94 valence electrons. The number of thioether (sulfide) groups is 1. The number of carboxylic acids is 1. The van der Waals surface area contributed by atoms with Gasteiger partial charge in [0, 0.05) is 5.56 Å². The van der Waals surface area contributed by atoms with E-state index < -0.39 is 5.97 Å². The van der Waals surface area contributed by atoms with Crippen molar-refractivity contribution >= 4 is 17.7 Å². The molecule has 0 aliphatic carbocycles. The predicted molar refractivity (Wildman–Crippen MR) is 68.3 cm³/mol. The zero-order valence-electron chi connectivity index (χ0n) is 9.79. The summed E-state index contributed by atoms with van der Waals surface area (Å²) in [5.41, 5.74) is 2.03. The quantitative estimate of drug-likeness (QED) is 0.893. The summed E-state index contributed by atoms with van der Waals surface area (Å²) in [7, 11) is 0. The van der Waals surface area contributed by atoms with Crippen LogP contribution in [0.1, 0.15) is 11.4 Å². The van der Waals surface area contributed by atoms with E-state index in [9.17, 15) is 4.79 Å². The number of aliphatic carboxylic acids is 1. The van der Waals surface area contributed by atoms with Crippen LogP contribution in [0.3, 0.4) is 0 Å². The third kappa shape index (κ3) is 3.33. The largest absolute Gasteiger partial charge is 0.481 e. The first-order valence-electron chi connectivity index (χ1n) is 5.34. The zero-order valence-corrected chi connectivity index (χ0v) is 10.6. The van der Waals surface area contributed by atoms with Crippen molar-refractivity contribution in [2.75, 3.05) is 5.75 Å². The fraction of sp³-hybridized carbons (Fsp3) is 0.250. The molecule has 0 saturated carbocycles. The number of hydrogen-bond acceptors (Lipinski definition) is 5. The maximum absolute atomic E-state index is 10.4. The molecule has 0 aliphatic heterocycles. The molecule has 0 spiro atoms. The number of hydrogen-bond donors (Lipinski definition) is 1. The minimum atomic E-state index is -0.845. The summed E-state index contributed by atoms with van der Waals surface area (Å²) < 4.78 is 5.13. The highest BCUT2D eigenvalue weighted by atomic mass is 32.2. The molecule has 0 atom stereocenters. The van der Waals surface area contributed by atoms with E-state index >= 15 is 0 Å².